The normalized spacial score (nSPS) is 17.8. The third-order valence-corrected chi connectivity index (χ3v) is 6.57. The molecule has 0 radical (unpaired) electrons. The molecule has 5 rings (SSSR count). The van der Waals surface area contributed by atoms with Gasteiger partial charge in [0.2, 0.25) is 0 Å². The van der Waals surface area contributed by atoms with Crippen LogP contribution in [-0.2, 0) is 16.1 Å². The summed E-state index contributed by atoms with van der Waals surface area (Å²) in [5.74, 6) is -0.276. The van der Waals surface area contributed by atoms with Gasteiger partial charge in [-0.2, -0.15) is 0 Å². The van der Waals surface area contributed by atoms with Crippen LogP contribution >= 0.6 is 0 Å². The highest BCUT2D eigenvalue weighted by Crippen LogP contribution is 2.41. The van der Waals surface area contributed by atoms with Gasteiger partial charge < -0.3 is 15.0 Å². The first-order valence-corrected chi connectivity index (χ1v) is 11.3. The van der Waals surface area contributed by atoms with Gasteiger partial charge in [-0.05, 0) is 48.4 Å². The van der Waals surface area contributed by atoms with Crippen molar-refractivity contribution in [2.45, 2.75) is 25.9 Å². The van der Waals surface area contributed by atoms with Crippen molar-refractivity contribution in [3.8, 4) is 5.75 Å². The Hall–Kier alpha value is -3.93. The number of ether oxygens (including phenoxy) is 1. The van der Waals surface area contributed by atoms with E-state index in [1.54, 1.807) is 19.2 Å². The molecule has 1 unspecified atom stereocenters. The van der Waals surface area contributed by atoms with Crippen LogP contribution < -0.4 is 15.0 Å². The summed E-state index contributed by atoms with van der Waals surface area (Å²) in [5.41, 5.74) is 4.56. The number of benzene rings is 3. The number of halogens is 1. The van der Waals surface area contributed by atoms with E-state index in [1.807, 2.05) is 55.5 Å². The predicted molar refractivity (Wildman–Crippen MR) is 129 cm³/mol. The monoisotopic (exact) mass is 456 g/mol. The molecule has 1 heterocycles. The zero-order valence-electron chi connectivity index (χ0n) is 19.0. The number of nitrogens with zero attached hydrogens (tertiary/aromatic N) is 1. The van der Waals surface area contributed by atoms with Crippen LogP contribution in [0.2, 0.25) is 0 Å². The van der Waals surface area contributed by atoms with Crippen LogP contribution in [0.25, 0.3) is 5.57 Å². The fourth-order valence-electron chi connectivity index (χ4n) is 4.73. The number of allylic oxidation sites excluding steroid dienone is 1. The molecule has 0 saturated heterocycles. The second-order valence-corrected chi connectivity index (χ2v) is 8.65. The maximum atomic E-state index is 14.0. The van der Waals surface area contributed by atoms with Crippen LogP contribution in [0.4, 0.5) is 10.1 Å². The molecule has 2 atom stereocenters. The highest BCUT2D eigenvalue weighted by Gasteiger charge is 2.44. The molecule has 1 fully saturated rings. The molecular weight excluding hydrogens is 431 g/mol. The lowest BCUT2D eigenvalue weighted by atomic mass is 9.91. The van der Waals surface area contributed by atoms with Gasteiger partial charge in [0.15, 0.2) is 0 Å². The maximum absolute atomic E-state index is 14.0. The molecule has 3 aromatic rings. The number of fused-ring (bicyclic) bond motifs is 1. The second kappa shape index (κ2) is 8.78. The van der Waals surface area contributed by atoms with Crippen LogP contribution in [-0.4, -0.2) is 18.8 Å². The number of carbonyl (C=O) groups excluding carboxylic acids is 2. The van der Waals surface area contributed by atoms with Gasteiger partial charge in [0.25, 0.3) is 5.91 Å². The van der Waals surface area contributed by atoms with Gasteiger partial charge in [-0.3, -0.25) is 9.59 Å². The van der Waals surface area contributed by atoms with E-state index in [0.29, 0.717) is 29.9 Å². The number of para-hydroxylation sites is 1. The fourth-order valence-corrected chi connectivity index (χ4v) is 4.73. The van der Waals surface area contributed by atoms with Crippen molar-refractivity contribution >= 4 is 23.0 Å². The summed E-state index contributed by atoms with van der Waals surface area (Å²) in [6.07, 6.45) is 0.375. The highest BCUT2D eigenvalue weighted by atomic mass is 19.1. The number of rotatable bonds is 6. The summed E-state index contributed by atoms with van der Waals surface area (Å²) in [5, 5.41) is 3.05. The molecule has 1 aliphatic heterocycles. The Morgan fingerprint density at radius 3 is 2.50 bits per heavy atom. The first-order valence-electron chi connectivity index (χ1n) is 11.3. The van der Waals surface area contributed by atoms with E-state index >= 15 is 0 Å². The number of hydrogen-bond acceptors (Lipinski definition) is 4. The van der Waals surface area contributed by atoms with Crippen LogP contribution in [0.5, 0.6) is 5.75 Å². The predicted octanol–water partition coefficient (Wildman–Crippen LogP) is 5.03. The van der Waals surface area contributed by atoms with Crippen molar-refractivity contribution in [1.82, 2.24) is 5.32 Å². The van der Waals surface area contributed by atoms with Gasteiger partial charge >= 0.3 is 0 Å². The number of hydrogen-bond donors (Lipinski definition) is 1. The van der Waals surface area contributed by atoms with Gasteiger partial charge in [-0.1, -0.05) is 42.5 Å². The minimum absolute atomic E-state index is 0.0666. The van der Waals surface area contributed by atoms with E-state index in [4.69, 9.17) is 4.74 Å². The zero-order chi connectivity index (χ0) is 23.8. The topological polar surface area (TPSA) is 58.6 Å². The average Bonchev–Trinajstić information content (AvgIpc) is 3.58. The Morgan fingerprint density at radius 1 is 1.09 bits per heavy atom. The highest BCUT2D eigenvalue weighted by molar-refractivity contribution is 6.22. The Balaban J connectivity index is 1.58. The molecule has 1 aliphatic carbocycles. The first kappa shape index (κ1) is 21.9. The number of methoxy groups -OCH3 is 1. The van der Waals surface area contributed by atoms with E-state index in [9.17, 15) is 14.0 Å². The van der Waals surface area contributed by atoms with Crippen molar-refractivity contribution in [2.24, 2.45) is 5.92 Å². The van der Waals surface area contributed by atoms with Crippen molar-refractivity contribution < 1.29 is 18.7 Å². The third-order valence-electron chi connectivity index (χ3n) is 6.57. The Bertz CT molecular complexity index is 1300. The number of Topliss-reactive ketones (excluding diaryl/α,β-unsaturated/α-hetero) is 1. The lowest BCUT2D eigenvalue weighted by Crippen LogP contribution is -2.36. The van der Waals surface area contributed by atoms with Crippen molar-refractivity contribution in [2.75, 3.05) is 12.0 Å². The summed E-state index contributed by atoms with van der Waals surface area (Å²) in [6.45, 7) is 2.48. The van der Waals surface area contributed by atoms with E-state index in [-0.39, 0.29) is 17.6 Å². The molecule has 172 valence electrons. The van der Waals surface area contributed by atoms with Crippen LogP contribution in [0, 0.1) is 11.7 Å². The van der Waals surface area contributed by atoms with Crippen LogP contribution in [0.1, 0.15) is 36.1 Å². The van der Waals surface area contributed by atoms with Crippen molar-refractivity contribution in [3.63, 3.8) is 0 Å². The SMILES string of the molecule is COc1cccc2c1CN(c1ccccc1)C(C)=C2C(=O)N[C@H](c1cccc(F)c1)C1CC1=O. The lowest BCUT2D eigenvalue weighted by Gasteiger charge is -2.34. The summed E-state index contributed by atoms with van der Waals surface area (Å²) < 4.78 is 19.6. The van der Waals surface area contributed by atoms with Crippen molar-refractivity contribution in [3.05, 3.63) is 101 Å². The molecule has 1 N–H and O–H groups in total. The summed E-state index contributed by atoms with van der Waals surface area (Å²) in [4.78, 5) is 27.9. The molecule has 5 nitrogen and oxygen atoms in total. The third kappa shape index (κ3) is 3.96. The van der Waals surface area contributed by atoms with E-state index in [0.717, 1.165) is 22.5 Å². The number of amides is 1. The summed E-state index contributed by atoms with van der Waals surface area (Å²) >= 11 is 0. The second-order valence-electron chi connectivity index (χ2n) is 8.65. The van der Waals surface area contributed by atoms with Gasteiger partial charge in [-0.25, -0.2) is 4.39 Å². The van der Waals surface area contributed by atoms with Gasteiger partial charge in [0.1, 0.15) is 17.3 Å². The maximum Gasteiger partial charge on any atom is 0.254 e. The number of nitrogens with one attached hydrogen (secondary N) is 1. The lowest BCUT2D eigenvalue weighted by molar-refractivity contribution is -0.116. The van der Waals surface area contributed by atoms with E-state index in [2.05, 4.69) is 10.2 Å². The first-order chi connectivity index (χ1) is 16.5. The van der Waals surface area contributed by atoms with E-state index < -0.39 is 11.9 Å². The van der Waals surface area contributed by atoms with E-state index in [1.165, 1.54) is 12.1 Å². The zero-order valence-corrected chi connectivity index (χ0v) is 19.0. The average molecular weight is 457 g/mol. The molecule has 1 saturated carbocycles. The molecular formula is C28H25FN2O3. The van der Waals surface area contributed by atoms with Gasteiger partial charge in [0, 0.05) is 29.3 Å². The standard InChI is InChI=1S/C28H25FN2O3/c1-17-26(28(33)30-27(22-15-24(22)32)18-8-6-9-19(29)14-18)21-12-7-13-25(34-2)23(21)16-31(17)20-10-4-3-5-11-20/h3-14,22,27H,15-16H2,1-2H3,(H,30,33)/t22?,27-/m1/s1. The smallest absolute Gasteiger partial charge is 0.254 e. The van der Waals surface area contributed by atoms with Gasteiger partial charge in [0.05, 0.1) is 25.3 Å². The molecule has 0 aromatic heterocycles. The molecule has 0 bridgehead atoms. The summed E-state index contributed by atoms with van der Waals surface area (Å²) in [6, 6.07) is 21.0. The molecule has 34 heavy (non-hydrogen) atoms. The Labute approximate surface area is 197 Å². The largest absolute Gasteiger partial charge is 0.496 e. The van der Waals surface area contributed by atoms with Crippen molar-refractivity contribution in [1.29, 1.82) is 0 Å². The minimum atomic E-state index is -0.586. The minimum Gasteiger partial charge on any atom is -0.496 e. The van der Waals surface area contributed by atoms with Crippen LogP contribution in [0.15, 0.2) is 78.5 Å². The Morgan fingerprint density at radius 2 is 1.82 bits per heavy atom. The van der Waals surface area contributed by atoms with Gasteiger partial charge in [-0.15, -0.1) is 0 Å². The summed E-state index contributed by atoms with van der Waals surface area (Å²) in [7, 11) is 1.62. The van der Waals surface area contributed by atoms with Crippen LogP contribution in [0.3, 0.4) is 0 Å². The molecule has 3 aromatic carbocycles. The molecule has 2 aliphatic rings. The molecule has 6 heteroatoms. The molecule has 1 amide bonds. The number of ketones is 1. The number of anilines is 1. The fraction of sp³-hybridized carbons (Fsp3) is 0.214. The number of carbonyl (C=O) groups is 2. The quantitative estimate of drug-likeness (QED) is 0.565. The molecule has 0 spiro atoms. The Kier molecular flexibility index (Phi) is 5.65.